The topological polar surface area (TPSA) is 383 Å². The quantitative estimate of drug-likeness (QED) is 0.00865. The number of anilines is 10. The van der Waals surface area contributed by atoms with Crippen molar-refractivity contribution in [3.8, 4) is 0 Å². The maximum atomic E-state index is 15.9. The van der Waals surface area contributed by atoms with E-state index in [2.05, 4.69) is 87.2 Å². The molecule has 124 heavy (non-hydrogen) atoms. The lowest BCUT2D eigenvalue weighted by atomic mass is 9.78. The molecule has 2 aliphatic heterocycles. The van der Waals surface area contributed by atoms with E-state index in [1.54, 1.807) is 60.7 Å². The van der Waals surface area contributed by atoms with Crippen LogP contribution in [0, 0.1) is 21.7 Å². The van der Waals surface area contributed by atoms with E-state index in [0.717, 1.165) is 70.4 Å². The van der Waals surface area contributed by atoms with Crippen molar-refractivity contribution in [2.45, 2.75) is 187 Å². The van der Waals surface area contributed by atoms with Gasteiger partial charge in [0.05, 0.1) is 33.6 Å². The van der Waals surface area contributed by atoms with E-state index in [0.29, 0.717) is 58.0 Å². The fraction of sp³-hybridized carbons (Fsp3) is 0.333. The number of benzene rings is 7. The van der Waals surface area contributed by atoms with Gasteiger partial charge in [0.1, 0.15) is 46.5 Å². The summed E-state index contributed by atoms with van der Waals surface area (Å²) in [6.45, 7) is 27.3. The van der Waals surface area contributed by atoms with Gasteiger partial charge in [0.25, 0.3) is 47.3 Å². The van der Waals surface area contributed by atoms with Crippen LogP contribution in [0.25, 0.3) is 43.1 Å². The zero-order valence-electron chi connectivity index (χ0n) is 72.3. The summed E-state index contributed by atoms with van der Waals surface area (Å²) in [4.78, 5) is 192. The van der Waals surface area contributed by atoms with Gasteiger partial charge in [-0.1, -0.05) is 172 Å². The van der Waals surface area contributed by atoms with E-state index in [1.165, 1.54) is 60.7 Å². The van der Waals surface area contributed by atoms with Crippen molar-refractivity contribution >= 4 is 172 Å². The van der Waals surface area contributed by atoms with Gasteiger partial charge < -0.3 is 42.5 Å². The molecule has 12 amide bonds. The molecule has 2 aliphatic rings. The number of nitrogens with one attached hydrogen (secondary N) is 10. The minimum Gasteiger partial charge on any atom is -0.311 e. The van der Waals surface area contributed by atoms with Crippen LogP contribution in [-0.4, -0.2) is 101 Å². The highest BCUT2D eigenvalue weighted by Gasteiger charge is 2.40. The van der Waals surface area contributed by atoms with E-state index in [4.69, 9.17) is 0 Å². The van der Waals surface area contributed by atoms with Crippen LogP contribution in [0.2, 0.25) is 0 Å². The summed E-state index contributed by atoms with van der Waals surface area (Å²) in [6, 6.07) is 37.6. The number of unbranched alkanes of at least 4 members (excludes halogenated alkanes) is 6. The zero-order valence-corrected chi connectivity index (χ0v) is 72.3. The van der Waals surface area contributed by atoms with E-state index < -0.39 is 47.3 Å². The molecule has 7 aromatic carbocycles. The van der Waals surface area contributed by atoms with Gasteiger partial charge in [-0.25, -0.2) is 19.9 Å². The van der Waals surface area contributed by atoms with E-state index in [1.807, 2.05) is 107 Å². The standard InChI is InChI=1S/C96H104N16O12/c1-15-17-19-21-27-53-47-65-81-63(89(121)111(91(65)123)109-59-43-55(85(117)105-71-33-23-29-67(97-71)101-75(113)49-93(3,4)5)41-56(44-59)86(118)106-72-34-24-30-68(98-72)102-76(114)50-94(6,7)8)40-38-62-80-54(28-22-20-18-16-2)48-66-82-64(39-37-61(84(80)82)79(53)83(62)81)90(122)112(92(66)124)110-60-45-57(87(119)107-73-35-25-31-69(99-73)103-77(115)51-95(9,10)11)42-58(46-60)88(120)108-74-36-26-32-70(100-74)104-78(116)52-96(12,13)14/h23-26,29-48,109-110H,15-22,27-28,49-52H2,1-14H3,(H2,97,101,105,113,117)(H2,98,102,106,114,118)(H2,99,103,107,115,119)(H2,100,104,108,116,120). The molecule has 0 spiro atoms. The Bertz CT molecular complexity index is 5590. The molecule has 0 saturated heterocycles. The molecule has 28 heteroatoms. The third-order valence-corrected chi connectivity index (χ3v) is 20.8. The van der Waals surface area contributed by atoms with Crippen LogP contribution < -0.4 is 53.4 Å². The van der Waals surface area contributed by atoms with Crippen molar-refractivity contribution in [1.82, 2.24) is 30.0 Å². The Labute approximate surface area is 718 Å². The second kappa shape index (κ2) is 36.0. The van der Waals surface area contributed by atoms with E-state index >= 15 is 19.2 Å². The Hall–Kier alpha value is -13.9. The summed E-state index contributed by atoms with van der Waals surface area (Å²) in [5.74, 6) is -6.33. The van der Waals surface area contributed by atoms with Gasteiger partial charge in [0.15, 0.2) is 0 Å². The smallest absolute Gasteiger partial charge is 0.280 e. The van der Waals surface area contributed by atoms with Gasteiger partial charge in [-0.2, -0.15) is 10.0 Å². The minimum atomic E-state index is -0.768. The van der Waals surface area contributed by atoms with Crippen LogP contribution in [0.3, 0.4) is 0 Å². The van der Waals surface area contributed by atoms with Crippen molar-refractivity contribution in [3.63, 3.8) is 0 Å². The third kappa shape index (κ3) is 20.8. The van der Waals surface area contributed by atoms with Gasteiger partial charge in [-0.05, 0) is 200 Å². The lowest BCUT2D eigenvalue weighted by Crippen LogP contribution is -2.44. The summed E-state index contributed by atoms with van der Waals surface area (Å²) in [5.41, 5.74) is 6.34. The second-order valence-corrected chi connectivity index (χ2v) is 36.7. The average molecular weight is 1670 g/mol. The predicted molar refractivity (Wildman–Crippen MR) is 484 cm³/mol. The largest absolute Gasteiger partial charge is 0.311 e. The average Bonchev–Trinajstić information content (AvgIpc) is 0.679. The maximum Gasteiger partial charge on any atom is 0.280 e. The highest BCUT2D eigenvalue weighted by molar-refractivity contribution is 6.42. The number of hydrogen-bond acceptors (Lipinski definition) is 18. The van der Waals surface area contributed by atoms with Gasteiger partial charge in [-0.15, -0.1) is 0 Å². The molecular formula is C96H104N16O12. The first-order valence-electron chi connectivity index (χ1n) is 41.9. The molecule has 0 fully saturated rings. The number of imide groups is 2. The lowest BCUT2D eigenvalue weighted by Gasteiger charge is -2.32. The second-order valence-electron chi connectivity index (χ2n) is 36.7. The van der Waals surface area contributed by atoms with E-state index in [-0.39, 0.29) is 173 Å². The summed E-state index contributed by atoms with van der Waals surface area (Å²) >= 11 is 0. The Morgan fingerprint density at radius 1 is 0.290 bits per heavy atom. The van der Waals surface area contributed by atoms with Crippen LogP contribution in [0.4, 0.5) is 57.9 Å². The number of hydrazine groups is 2. The minimum absolute atomic E-state index is 0.0311. The summed E-state index contributed by atoms with van der Waals surface area (Å²) < 4.78 is 0. The molecule has 4 aromatic heterocycles. The molecule has 10 N–H and O–H groups in total. The first kappa shape index (κ1) is 87.9. The van der Waals surface area contributed by atoms with Gasteiger partial charge in [0.2, 0.25) is 23.6 Å². The lowest BCUT2D eigenvalue weighted by molar-refractivity contribution is -0.118. The number of aromatic nitrogens is 4. The molecule has 640 valence electrons. The number of amides is 12. The van der Waals surface area contributed by atoms with Crippen molar-refractivity contribution < 1.29 is 57.5 Å². The van der Waals surface area contributed by atoms with Crippen molar-refractivity contribution in [2.75, 3.05) is 53.4 Å². The molecule has 0 atom stereocenters. The predicted octanol–water partition coefficient (Wildman–Crippen LogP) is 19.3. The molecule has 11 aromatic rings. The molecule has 0 saturated carbocycles. The Balaban J connectivity index is 0.882. The first-order chi connectivity index (χ1) is 58.7. The fourth-order valence-corrected chi connectivity index (χ4v) is 15.6. The SMILES string of the molecule is CCCCCCc1cc2c3c(ccc4c5c(CCCCCC)cc6c7c(ccc(c1c34)c75)C(=O)N(Nc1cc(C(=O)Nc3cccc(NC(=O)CC(C)(C)C)n3)cc(C(=O)Nc3cccc(NC(=O)CC(C)(C)C)n3)c1)C6=O)C(=O)N(Nc1cc(C(=O)Nc3cccc(NC(=O)CC(C)(C)C)n3)cc(C(=O)Nc3cccc(NC(=O)CC(C)(C)C)n3)c1)C2=O. The number of fused-ring (bicyclic) bond motifs is 2. The monoisotopic (exact) mass is 1670 g/mol. The summed E-state index contributed by atoms with van der Waals surface area (Å²) in [6.07, 6.45) is 8.40. The van der Waals surface area contributed by atoms with Crippen LogP contribution in [-0.2, 0) is 32.0 Å². The zero-order chi connectivity index (χ0) is 89.0. The van der Waals surface area contributed by atoms with Gasteiger partial charge in [0, 0.05) is 58.7 Å². The number of pyridine rings is 4. The number of hydrogen-bond donors (Lipinski definition) is 10. The Morgan fingerprint density at radius 3 is 0.806 bits per heavy atom. The maximum absolute atomic E-state index is 15.9. The van der Waals surface area contributed by atoms with Crippen molar-refractivity contribution in [1.29, 1.82) is 0 Å². The molecular weight excluding hydrogens is 1570 g/mol. The molecule has 0 radical (unpaired) electrons. The summed E-state index contributed by atoms with van der Waals surface area (Å²) in [7, 11) is 0. The molecule has 0 aliphatic carbocycles. The van der Waals surface area contributed by atoms with E-state index in [9.17, 15) is 38.4 Å². The third-order valence-electron chi connectivity index (χ3n) is 20.8. The molecule has 0 unspecified atom stereocenters. The number of nitrogens with zero attached hydrogens (tertiary/aromatic N) is 6. The molecule has 28 nitrogen and oxygen atoms in total. The number of carbonyl (C=O) groups excluding carboxylic acids is 12. The molecule has 13 rings (SSSR count). The number of carbonyl (C=O) groups is 12. The van der Waals surface area contributed by atoms with Crippen LogP contribution in [0.15, 0.2) is 146 Å². The molecule has 6 heterocycles. The van der Waals surface area contributed by atoms with Crippen LogP contribution >= 0.6 is 0 Å². The molecule has 0 bridgehead atoms. The van der Waals surface area contributed by atoms with Crippen molar-refractivity contribution in [2.24, 2.45) is 21.7 Å². The Kier molecular flexibility index (Phi) is 25.5. The number of aryl methyl sites for hydroxylation is 2. The fourth-order valence-electron chi connectivity index (χ4n) is 15.6. The van der Waals surface area contributed by atoms with Gasteiger partial charge >= 0.3 is 0 Å². The van der Waals surface area contributed by atoms with Gasteiger partial charge in [-0.3, -0.25) is 68.4 Å². The van der Waals surface area contributed by atoms with Crippen molar-refractivity contribution in [3.05, 3.63) is 201 Å². The first-order valence-corrected chi connectivity index (χ1v) is 41.9. The normalized spacial score (nSPS) is 12.9. The van der Waals surface area contributed by atoms with Crippen LogP contribution in [0.5, 0.6) is 0 Å². The highest BCUT2D eigenvalue weighted by Crippen LogP contribution is 2.50. The van der Waals surface area contributed by atoms with Crippen LogP contribution in [0.1, 0.15) is 268 Å². The number of rotatable bonds is 30. The Morgan fingerprint density at radius 2 is 0.548 bits per heavy atom. The highest BCUT2D eigenvalue weighted by atomic mass is 16.2. The summed E-state index contributed by atoms with van der Waals surface area (Å²) in [5, 5.41) is 28.7.